The lowest BCUT2D eigenvalue weighted by atomic mass is 9.89. The van der Waals surface area contributed by atoms with Crippen LogP contribution in [0.2, 0.25) is 0 Å². The van der Waals surface area contributed by atoms with Gasteiger partial charge in [0.2, 0.25) is 11.8 Å². The molecule has 1 aliphatic heterocycles. The molecule has 1 aromatic heterocycles. The molecule has 0 fully saturated rings. The molecule has 1 aromatic carbocycles. The number of fused-ring (bicyclic) bond motifs is 1. The molecule has 2 amide bonds. The summed E-state index contributed by atoms with van der Waals surface area (Å²) in [6.45, 7) is 0.457. The maximum Gasteiger partial charge on any atom is 0.228 e. The van der Waals surface area contributed by atoms with E-state index in [4.69, 9.17) is 5.73 Å². The molecule has 1 aliphatic rings. The van der Waals surface area contributed by atoms with Gasteiger partial charge in [0.05, 0.1) is 11.6 Å². The molecule has 8 heteroatoms. The lowest BCUT2D eigenvalue weighted by Crippen LogP contribution is -2.35. The molecule has 0 saturated carbocycles. The molecule has 3 rings (SSSR count). The smallest absolute Gasteiger partial charge is 0.228 e. The zero-order valence-electron chi connectivity index (χ0n) is 12.8. The Labute approximate surface area is 142 Å². The Kier molecular flexibility index (Phi) is 4.75. The van der Waals surface area contributed by atoms with Crippen LogP contribution in [-0.4, -0.2) is 23.3 Å². The number of thiazole rings is 1. The van der Waals surface area contributed by atoms with Gasteiger partial charge in [0.15, 0.2) is 5.13 Å². The Bertz CT molecular complexity index is 777. The second-order valence-corrected chi connectivity index (χ2v) is 6.50. The molecule has 0 radical (unpaired) electrons. The van der Waals surface area contributed by atoms with Crippen LogP contribution in [0.15, 0.2) is 23.6 Å². The third-order valence-electron chi connectivity index (χ3n) is 3.85. The zero-order valence-corrected chi connectivity index (χ0v) is 13.7. The number of carbonyl (C=O) groups is 2. The number of benzene rings is 1. The number of halogens is 1. The molecule has 4 N–H and O–H groups in total. The Morgan fingerprint density at radius 3 is 3.08 bits per heavy atom. The van der Waals surface area contributed by atoms with Crippen LogP contribution in [0.1, 0.15) is 30.0 Å². The normalized spacial score (nSPS) is 16.4. The largest absolute Gasteiger partial charge is 0.375 e. The van der Waals surface area contributed by atoms with Crippen molar-refractivity contribution in [1.82, 2.24) is 10.3 Å². The van der Waals surface area contributed by atoms with E-state index >= 15 is 0 Å². The minimum absolute atomic E-state index is 0.0188. The molecule has 6 nitrogen and oxygen atoms in total. The van der Waals surface area contributed by atoms with Gasteiger partial charge in [-0.15, -0.1) is 11.3 Å². The number of aromatic nitrogens is 1. The number of nitrogen functional groups attached to an aromatic ring is 1. The van der Waals surface area contributed by atoms with E-state index in [1.165, 1.54) is 29.5 Å². The number of hydrogen-bond acceptors (Lipinski definition) is 5. The Hall–Kier alpha value is -2.48. The minimum atomic E-state index is -0.667. The monoisotopic (exact) mass is 348 g/mol. The van der Waals surface area contributed by atoms with Crippen LogP contribution in [0.4, 0.5) is 15.2 Å². The Morgan fingerprint density at radius 1 is 1.50 bits per heavy atom. The van der Waals surface area contributed by atoms with Gasteiger partial charge in [0.1, 0.15) is 5.82 Å². The highest BCUT2D eigenvalue weighted by Gasteiger charge is 2.30. The van der Waals surface area contributed by atoms with Crippen molar-refractivity contribution in [2.24, 2.45) is 0 Å². The lowest BCUT2D eigenvalue weighted by molar-refractivity contribution is -0.126. The van der Waals surface area contributed by atoms with Crippen molar-refractivity contribution < 1.29 is 14.0 Å². The van der Waals surface area contributed by atoms with Crippen molar-refractivity contribution in [2.75, 3.05) is 17.6 Å². The highest BCUT2D eigenvalue weighted by Crippen LogP contribution is 2.32. The zero-order chi connectivity index (χ0) is 17.1. The van der Waals surface area contributed by atoms with Crippen molar-refractivity contribution >= 4 is 34.0 Å². The van der Waals surface area contributed by atoms with E-state index in [9.17, 15) is 14.0 Å². The number of carbonyl (C=O) groups excluding carboxylic acids is 2. The second-order valence-electron chi connectivity index (χ2n) is 5.61. The number of amides is 2. The predicted molar refractivity (Wildman–Crippen MR) is 90.2 cm³/mol. The van der Waals surface area contributed by atoms with Crippen LogP contribution in [0.3, 0.4) is 0 Å². The number of anilines is 2. The molecule has 0 bridgehead atoms. The molecule has 1 unspecified atom stereocenters. The molecule has 24 heavy (non-hydrogen) atoms. The summed E-state index contributed by atoms with van der Waals surface area (Å²) in [6, 6.07) is 4.05. The van der Waals surface area contributed by atoms with E-state index in [2.05, 4.69) is 15.6 Å². The summed E-state index contributed by atoms with van der Waals surface area (Å²) in [4.78, 5) is 28.3. The van der Waals surface area contributed by atoms with Crippen molar-refractivity contribution in [2.45, 2.75) is 25.2 Å². The van der Waals surface area contributed by atoms with Crippen molar-refractivity contribution in [3.05, 3.63) is 40.7 Å². The van der Waals surface area contributed by atoms with E-state index < -0.39 is 11.7 Å². The molecular formula is C16H17FN4O2S. The minimum Gasteiger partial charge on any atom is -0.375 e. The van der Waals surface area contributed by atoms with Gasteiger partial charge in [-0.3, -0.25) is 9.59 Å². The van der Waals surface area contributed by atoms with Crippen LogP contribution in [0, 0.1) is 5.82 Å². The third kappa shape index (κ3) is 3.70. The van der Waals surface area contributed by atoms with E-state index in [1.54, 1.807) is 0 Å². The molecular weight excluding hydrogens is 331 g/mol. The third-order valence-corrected chi connectivity index (χ3v) is 4.57. The van der Waals surface area contributed by atoms with E-state index in [0.717, 1.165) is 5.69 Å². The van der Waals surface area contributed by atoms with Crippen LogP contribution in [0.5, 0.6) is 0 Å². The number of aryl methyl sites for hydroxylation is 1. The van der Waals surface area contributed by atoms with Gasteiger partial charge in [-0.1, -0.05) is 0 Å². The summed E-state index contributed by atoms with van der Waals surface area (Å²) < 4.78 is 13.5. The summed E-state index contributed by atoms with van der Waals surface area (Å²) in [7, 11) is 0. The Balaban J connectivity index is 1.59. The quantitative estimate of drug-likeness (QED) is 0.720. The SMILES string of the molecule is Nc1nc(CCCNC(=O)C2CC(=O)Nc3ccc(F)cc32)cs1. The number of hydrogen-bond donors (Lipinski definition) is 3. The summed E-state index contributed by atoms with van der Waals surface area (Å²) >= 11 is 1.38. The van der Waals surface area contributed by atoms with E-state index in [1.807, 2.05) is 5.38 Å². The topological polar surface area (TPSA) is 97.1 Å². The molecule has 0 spiro atoms. The number of nitrogens with zero attached hydrogens (tertiary/aromatic N) is 1. The first-order chi connectivity index (χ1) is 11.5. The molecule has 1 atom stereocenters. The summed E-state index contributed by atoms with van der Waals surface area (Å²) in [6.07, 6.45) is 1.44. The predicted octanol–water partition coefficient (Wildman–Crippen LogP) is 2.04. The summed E-state index contributed by atoms with van der Waals surface area (Å²) in [5.74, 6) is -1.61. The molecule has 126 valence electrons. The van der Waals surface area contributed by atoms with Gasteiger partial charge in [0.25, 0.3) is 0 Å². The fourth-order valence-corrected chi connectivity index (χ4v) is 3.31. The fourth-order valence-electron chi connectivity index (χ4n) is 2.71. The van der Waals surface area contributed by atoms with Gasteiger partial charge in [-0.05, 0) is 36.6 Å². The average Bonchev–Trinajstić information content (AvgIpc) is 2.96. The first-order valence-electron chi connectivity index (χ1n) is 7.60. The molecule has 0 saturated heterocycles. The van der Waals surface area contributed by atoms with Gasteiger partial charge >= 0.3 is 0 Å². The fraction of sp³-hybridized carbons (Fsp3) is 0.312. The van der Waals surface area contributed by atoms with Gasteiger partial charge in [-0.2, -0.15) is 0 Å². The van der Waals surface area contributed by atoms with Gasteiger partial charge in [-0.25, -0.2) is 9.37 Å². The number of nitrogens with one attached hydrogen (secondary N) is 2. The van der Waals surface area contributed by atoms with Crippen LogP contribution >= 0.6 is 11.3 Å². The van der Waals surface area contributed by atoms with Crippen LogP contribution < -0.4 is 16.4 Å². The highest BCUT2D eigenvalue weighted by atomic mass is 32.1. The van der Waals surface area contributed by atoms with Crippen molar-refractivity contribution in [1.29, 1.82) is 0 Å². The molecule has 2 heterocycles. The van der Waals surface area contributed by atoms with E-state index in [0.29, 0.717) is 35.8 Å². The highest BCUT2D eigenvalue weighted by molar-refractivity contribution is 7.13. The summed E-state index contributed by atoms with van der Waals surface area (Å²) in [5.41, 5.74) is 7.47. The molecule has 0 aliphatic carbocycles. The maximum absolute atomic E-state index is 13.5. The maximum atomic E-state index is 13.5. The second kappa shape index (κ2) is 6.96. The van der Waals surface area contributed by atoms with Crippen molar-refractivity contribution in [3.63, 3.8) is 0 Å². The van der Waals surface area contributed by atoms with Crippen molar-refractivity contribution in [3.8, 4) is 0 Å². The first-order valence-corrected chi connectivity index (χ1v) is 8.48. The first kappa shape index (κ1) is 16.4. The number of nitrogens with two attached hydrogens (primary N) is 1. The Morgan fingerprint density at radius 2 is 2.33 bits per heavy atom. The standard InChI is InChI=1S/C16H17FN4O2S/c17-9-3-4-13-11(6-9)12(7-14(22)21-13)15(23)19-5-1-2-10-8-24-16(18)20-10/h3-4,6,8,12H,1-2,5,7H2,(H2,18,20)(H,19,23)(H,21,22). The molecule has 2 aromatic rings. The average molecular weight is 348 g/mol. The van der Waals surface area contributed by atoms with E-state index in [-0.39, 0.29) is 18.2 Å². The van der Waals surface area contributed by atoms with Gasteiger partial charge < -0.3 is 16.4 Å². The lowest BCUT2D eigenvalue weighted by Gasteiger charge is -2.24. The van der Waals surface area contributed by atoms with Gasteiger partial charge in [0, 0.05) is 24.0 Å². The summed E-state index contributed by atoms with van der Waals surface area (Å²) in [5, 5.41) is 7.89. The van der Waals surface area contributed by atoms with Crippen LogP contribution in [0.25, 0.3) is 0 Å². The van der Waals surface area contributed by atoms with Crippen LogP contribution in [-0.2, 0) is 16.0 Å². The number of rotatable bonds is 5.